The van der Waals surface area contributed by atoms with Gasteiger partial charge >= 0.3 is 0 Å². The lowest BCUT2D eigenvalue weighted by Gasteiger charge is -2.26. The number of aromatic nitrogens is 3. The summed E-state index contributed by atoms with van der Waals surface area (Å²) in [6.45, 7) is 1.05. The van der Waals surface area contributed by atoms with Crippen LogP contribution in [0.4, 0.5) is 0 Å². The molecular formula is C28H22ClN5O. The Hall–Kier alpha value is -4.29. The van der Waals surface area contributed by atoms with E-state index in [0.29, 0.717) is 29.6 Å². The molecule has 1 heterocycles. The largest absolute Gasteiger partial charge is 0.332 e. The highest BCUT2D eigenvalue weighted by Gasteiger charge is 2.21. The van der Waals surface area contributed by atoms with E-state index in [1.165, 1.54) is 0 Å². The molecule has 0 fully saturated rings. The van der Waals surface area contributed by atoms with E-state index in [1.807, 2.05) is 65.6 Å². The van der Waals surface area contributed by atoms with Gasteiger partial charge in [0.25, 0.3) is 5.91 Å². The summed E-state index contributed by atoms with van der Waals surface area (Å²) in [4.78, 5) is 19.9. The molecule has 0 saturated carbocycles. The van der Waals surface area contributed by atoms with Gasteiger partial charge in [0.05, 0.1) is 5.52 Å². The lowest BCUT2D eigenvalue weighted by molar-refractivity contribution is 0.1000. The summed E-state index contributed by atoms with van der Waals surface area (Å²) < 4.78 is 1.63. The SMILES string of the molecule is O=C(N=C(N(Cc1ccccc1)Cc1ccccc1)n1nnc2ccccc21)c1ccc(Cl)cc1. The highest BCUT2D eigenvalue weighted by molar-refractivity contribution is 6.30. The smallest absolute Gasteiger partial charge is 0.280 e. The van der Waals surface area contributed by atoms with Gasteiger partial charge in [0.15, 0.2) is 0 Å². The molecule has 172 valence electrons. The first-order valence-electron chi connectivity index (χ1n) is 11.2. The van der Waals surface area contributed by atoms with Crippen molar-refractivity contribution in [3.63, 3.8) is 0 Å². The minimum absolute atomic E-state index is 0.387. The van der Waals surface area contributed by atoms with Gasteiger partial charge in [-0.05, 0) is 47.5 Å². The molecule has 4 aromatic carbocycles. The maximum atomic E-state index is 13.3. The van der Waals surface area contributed by atoms with Gasteiger partial charge in [0, 0.05) is 23.7 Å². The van der Waals surface area contributed by atoms with Crippen LogP contribution in [-0.4, -0.2) is 31.8 Å². The fraction of sp³-hybridized carbons (Fsp3) is 0.0714. The van der Waals surface area contributed by atoms with E-state index in [4.69, 9.17) is 11.6 Å². The van der Waals surface area contributed by atoms with Crippen LogP contribution in [0.3, 0.4) is 0 Å². The first kappa shape index (κ1) is 22.5. The molecule has 7 heteroatoms. The van der Waals surface area contributed by atoms with Crippen LogP contribution in [0.2, 0.25) is 5.02 Å². The second-order valence-electron chi connectivity index (χ2n) is 8.04. The second kappa shape index (κ2) is 10.3. The summed E-state index contributed by atoms with van der Waals surface area (Å²) >= 11 is 6.02. The van der Waals surface area contributed by atoms with Gasteiger partial charge < -0.3 is 4.90 Å². The number of fused-ring (bicyclic) bond motifs is 1. The van der Waals surface area contributed by atoms with Crippen molar-refractivity contribution in [2.24, 2.45) is 4.99 Å². The van der Waals surface area contributed by atoms with Crippen LogP contribution in [0.5, 0.6) is 0 Å². The summed E-state index contributed by atoms with van der Waals surface area (Å²) in [5.41, 5.74) is 4.09. The Kier molecular flexibility index (Phi) is 6.63. The van der Waals surface area contributed by atoms with Crippen LogP contribution >= 0.6 is 11.6 Å². The summed E-state index contributed by atoms with van der Waals surface area (Å²) in [6.07, 6.45) is 0. The Labute approximate surface area is 208 Å². The number of halogens is 1. The first-order valence-corrected chi connectivity index (χ1v) is 11.6. The zero-order valence-corrected chi connectivity index (χ0v) is 19.6. The maximum absolute atomic E-state index is 13.3. The predicted molar refractivity (Wildman–Crippen MR) is 138 cm³/mol. The van der Waals surface area contributed by atoms with Gasteiger partial charge in [0.2, 0.25) is 5.96 Å². The number of nitrogens with zero attached hydrogens (tertiary/aromatic N) is 5. The number of benzene rings is 4. The van der Waals surface area contributed by atoms with Crippen LogP contribution in [0.15, 0.2) is 114 Å². The monoisotopic (exact) mass is 479 g/mol. The fourth-order valence-corrected chi connectivity index (χ4v) is 3.95. The molecule has 0 bridgehead atoms. The molecule has 0 unspecified atom stereocenters. The minimum Gasteiger partial charge on any atom is -0.332 e. The number of para-hydroxylation sites is 1. The third-order valence-corrected chi connectivity index (χ3v) is 5.80. The van der Waals surface area contributed by atoms with Crippen molar-refractivity contribution < 1.29 is 4.79 Å². The van der Waals surface area contributed by atoms with Crippen LogP contribution in [-0.2, 0) is 13.1 Å². The number of carbonyl (C=O) groups is 1. The molecular weight excluding hydrogens is 458 g/mol. The van der Waals surface area contributed by atoms with E-state index >= 15 is 0 Å². The molecule has 0 saturated heterocycles. The summed E-state index contributed by atoms with van der Waals surface area (Å²) in [5, 5.41) is 9.24. The number of aliphatic imine (C=N–C) groups is 1. The predicted octanol–water partition coefficient (Wildman–Crippen LogP) is 5.83. The van der Waals surface area contributed by atoms with Crippen molar-refractivity contribution in [3.05, 3.63) is 131 Å². The minimum atomic E-state index is -0.387. The first-order chi connectivity index (χ1) is 17.2. The third-order valence-electron chi connectivity index (χ3n) is 5.55. The fourth-order valence-electron chi connectivity index (χ4n) is 3.82. The van der Waals surface area contributed by atoms with Gasteiger partial charge in [-0.3, -0.25) is 4.79 Å². The van der Waals surface area contributed by atoms with Crippen LogP contribution < -0.4 is 0 Å². The Balaban J connectivity index is 1.64. The molecule has 5 aromatic rings. The molecule has 0 aliphatic heterocycles. The van der Waals surface area contributed by atoms with Crippen LogP contribution in [0.25, 0.3) is 11.0 Å². The zero-order chi connectivity index (χ0) is 24.0. The molecule has 0 radical (unpaired) electrons. The Morgan fingerprint density at radius 2 is 1.34 bits per heavy atom. The molecule has 0 N–H and O–H groups in total. The standard InChI is InChI=1S/C28H22ClN5O/c29-24-17-15-23(16-18-24)27(35)30-28(34-26-14-8-7-13-25(26)31-32-34)33(19-21-9-3-1-4-10-21)20-22-11-5-2-6-12-22/h1-18H,19-20H2. The normalized spacial score (nSPS) is 11.5. The van der Waals surface area contributed by atoms with E-state index in [1.54, 1.807) is 28.9 Å². The van der Waals surface area contributed by atoms with Gasteiger partial charge in [-0.25, -0.2) is 0 Å². The lowest BCUT2D eigenvalue weighted by atomic mass is 10.1. The summed E-state index contributed by atoms with van der Waals surface area (Å²) in [5.74, 6) is 0.00808. The van der Waals surface area contributed by atoms with Crippen LogP contribution in [0, 0.1) is 0 Å². The number of hydrogen-bond acceptors (Lipinski definition) is 3. The zero-order valence-electron chi connectivity index (χ0n) is 18.8. The summed E-state index contributed by atoms with van der Waals surface area (Å²) in [6, 6.07) is 34.5. The number of rotatable bonds is 5. The average Bonchev–Trinajstić information content (AvgIpc) is 3.32. The van der Waals surface area contributed by atoms with Gasteiger partial charge in [-0.2, -0.15) is 9.67 Å². The summed E-state index contributed by atoms with van der Waals surface area (Å²) in [7, 11) is 0. The molecule has 0 atom stereocenters. The molecule has 1 amide bonds. The van der Waals surface area contributed by atoms with E-state index in [2.05, 4.69) is 39.6 Å². The van der Waals surface area contributed by atoms with Crippen molar-refractivity contribution in [3.8, 4) is 0 Å². The molecule has 1 aromatic heterocycles. The third kappa shape index (κ3) is 5.28. The topological polar surface area (TPSA) is 63.4 Å². The molecule has 35 heavy (non-hydrogen) atoms. The Bertz CT molecular complexity index is 1420. The van der Waals surface area contributed by atoms with Crippen molar-refractivity contribution in [2.75, 3.05) is 0 Å². The molecule has 5 rings (SSSR count). The highest BCUT2D eigenvalue weighted by atomic mass is 35.5. The molecule has 0 spiro atoms. The Morgan fingerprint density at radius 1 is 0.771 bits per heavy atom. The van der Waals surface area contributed by atoms with Crippen molar-refractivity contribution in [2.45, 2.75) is 13.1 Å². The number of carbonyl (C=O) groups excluding carboxylic acids is 1. The molecule has 0 aliphatic carbocycles. The van der Waals surface area contributed by atoms with Crippen molar-refractivity contribution >= 4 is 34.5 Å². The number of hydrogen-bond donors (Lipinski definition) is 0. The average molecular weight is 480 g/mol. The second-order valence-corrected chi connectivity index (χ2v) is 8.48. The Morgan fingerprint density at radius 3 is 1.97 bits per heavy atom. The van der Waals surface area contributed by atoms with E-state index in [9.17, 15) is 4.79 Å². The van der Waals surface area contributed by atoms with E-state index < -0.39 is 0 Å². The lowest BCUT2D eigenvalue weighted by Crippen LogP contribution is -2.36. The molecule has 0 aliphatic rings. The maximum Gasteiger partial charge on any atom is 0.280 e. The van der Waals surface area contributed by atoms with Crippen molar-refractivity contribution in [1.82, 2.24) is 19.9 Å². The number of amides is 1. The van der Waals surface area contributed by atoms with Crippen molar-refractivity contribution in [1.29, 1.82) is 0 Å². The van der Waals surface area contributed by atoms with E-state index in [0.717, 1.165) is 22.2 Å². The van der Waals surface area contributed by atoms with Crippen LogP contribution in [0.1, 0.15) is 21.5 Å². The van der Waals surface area contributed by atoms with Gasteiger partial charge in [0.1, 0.15) is 5.52 Å². The van der Waals surface area contributed by atoms with Gasteiger partial charge in [-0.1, -0.05) is 89.6 Å². The van der Waals surface area contributed by atoms with E-state index in [-0.39, 0.29) is 5.91 Å². The molecule has 6 nitrogen and oxygen atoms in total. The highest BCUT2D eigenvalue weighted by Crippen LogP contribution is 2.17. The van der Waals surface area contributed by atoms with Gasteiger partial charge in [-0.15, -0.1) is 5.10 Å². The quantitative estimate of drug-likeness (QED) is 0.235.